The fraction of sp³-hybridized carbons (Fsp3) is 0.322. The molecule has 0 saturated carbocycles. The molecule has 0 spiro atoms. The van der Waals surface area contributed by atoms with Gasteiger partial charge in [-0.2, -0.15) is 0 Å². The first kappa shape index (κ1) is 112. The van der Waals surface area contributed by atoms with Gasteiger partial charge in [-0.25, -0.2) is 4.39 Å². The molecule has 0 fully saturated rings. The van der Waals surface area contributed by atoms with Gasteiger partial charge in [0.2, 0.25) is 35.4 Å². The average Bonchev–Trinajstić information content (AvgIpc) is 0.802. The Labute approximate surface area is 840 Å². The van der Waals surface area contributed by atoms with E-state index in [-0.39, 0.29) is 47.9 Å². The molecule has 0 radical (unpaired) electrons. The number of anilines is 6. The van der Waals surface area contributed by atoms with E-state index in [1.807, 2.05) is 281 Å². The Morgan fingerprint density at radius 3 is 0.876 bits per heavy atom. The number of para-hydroxylation sites is 1. The van der Waals surface area contributed by atoms with E-state index in [0.29, 0.717) is 93.6 Å². The first-order chi connectivity index (χ1) is 65.2. The summed E-state index contributed by atoms with van der Waals surface area (Å²) in [6.45, 7) is 39.8. The van der Waals surface area contributed by atoms with Crippen molar-refractivity contribution in [3.63, 3.8) is 0 Å². The maximum atomic E-state index is 14.2. The van der Waals surface area contributed by atoms with Crippen LogP contribution in [0.4, 0.5) is 38.5 Å². The van der Waals surface area contributed by atoms with Gasteiger partial charge in [-0.3, -0.25) is 28.8 Å². The molecule has 18 nitrogen and oxygen atoms in total. The largest absolute Gasteiger partial charge is 0.489 e. The van der Waals surface area contributed by atoms with Gasteiger partial charge in [0.15, 0.2) is 0 Å². The highest BCUT2D eigenvalue weighted by molar-refractivity contribution is 14.1. The Morgan fingerprint density at radius 1 is 0.277 bits per heavy atom. The molecular formula is C115H136BrClFIN6O12. The second kappa shape index (κ2) is 55.2. The van der Waals surface area contributed by atoms with Crippen LogP contribution in [-0.2, 0) is 68.4 Å². The van der Waals surface area contributed by atoms with Gasteiger partial charge >= 0.3 is 0 Å². The lowest BCUT2D eigenvalue weighted by Crippen LogP contribution is -2.26. The lowest BCUT2D eigenvalue weighted by Gasteiger charge is -2.22. The van der Waals surface area contributed by atoms with Crippen LogP contribution in [0.2, 0.25) is 5.02 Å². The SMILES string of the molecule is CCC(=O)N(C)c1cccc(Br)c1COc1ccc(C)cc1C.CCC(=O)N(C)c1cccc(C)c1COc1ccc(C)cc1C.CCC(=O)N(C)c1cccc(Cl)c1COc1ccc(C)cc1C.CCC(=O)N(C)c1cccc(F)c1COc1ccc(C)cc1C.CCC(=O)N(C)c1cccc(I)c1COc1ccc(C)cc1C.CCC(=O)N(C)c1ccccc1COc1ccc(C)cc1C. The third kappa shape index (κ3) is 32.7. The molecule has 0 aliphatic rings. The Kier molecular flexibility index (Phi) is 45.0. The molecule has 0 aliphatic carbocycles. The van der Waals surface area contributed by atoms with Crippen LogP contribution in [0.5, 0.6) is 34.5 Å². The monoisotopic (exact) mass is 2050 g/mol. The van der Waals surface area contributed by atoms with Gasteiger partial charge in [-0.05, 0) is 249 Å². The molecule has 12 aromatic carbocycles. The minimum absolute atomic E-state index is 0.0417. The van der Waals surface area contributed by atoms with Crippen molar-refractivity contribution < 1.29 is 61.6 Å². The lowest BCUT2D eigenvalue weighted by atomic mass is 10.1. The maximum Gasteiger partial charge on any atom is 0.226 e. The standard InChI is InChI=1S/C20H25NO2.C19H22BrNO2.C19H22ClNO2.C19H22FNO2.C19H22INO2.C19H23NO2/c1-6-20(22)21(5)18-9-7-8-15(3)17(18)13-23-19-11-10-14(2)12-16(19)4;4*1-5-19(22)21(4)17-8-6-7-16(20)15(17)12-23-18-10-9-13(2)11-14(18)3;1-5-19(21)20(4)17-9-7-6-8-16(17)13-22-18-11-10-14(2)12-15(18)3/h7-12H,6,13H2,1-5H3;4*6-11H,5,12H2,1-4H3;6-12H,5,13H2,1-4H3. The van der Waals surface area contributed by atoms with E-state index in [9.17, 15) is 33.2 Å². The second-order valence-corrected chi connectivity index (χ2v) is 36.3. The zero-order valence-electron chi connectivity index (χ0n) is 84.4. The third-order valence-electron chi connectivity index (χ3n) is 23.2. The smallest absolute Gasteiger partial charge is 0.226 e. The van der Waals surface area contributed by atoms with Gasteiger partial charge in [-0.1, -0.05) is 230 Å². The molecule has 12 rings (SSSR count). The van der Waals surface area contributed by atoms with E-state index < -0.39 is 0 Å². The number of hydrogen-bond donors (Lipinski definition) is 0. The van der Waals surface area contributed by atoms with Crippen molar-refractivity contribution >= 4 is 120 Å². The molecule has 726 valence electrons. The summed E-state index contributed by atoms with van der Waals surface area (Å²) < 4.78 is 52.0. The number of carbonyl (C=O) groups is 6. The van der Waals surface area contributed by atoms with E-state index >= 15 is 0 Å². The number of carbonyl (C=O) groups excluding carboxylic acids is 6. The summed E-state index contributed by atoms with van der Waals surface area (Å²) in [5.74, 6) is 5.02. The fourth-order valence-electron chi connectivity index (χ4n) is 15.1. The van der Waals surface area contributed by atoms with E-state index in [4.69, 9.17) is 40.0 Å². The Morgan fingerprint density at radius 2 is 0.526 bits per heavy atom. The third-order valence-corrected chi connectivity index (χ3v) is 25.3. The molecule has 137 heavy (non-hydrogen) atoms. The highest BCUT2D eigenvalue weighted by Gasteiger charge is 2.24. The van der Waals surface area contributed by atoms with Crippen LogP contribution in [0.15, 0.2) is 229 Å². The number of nitrogens with zero attached hydrogens (tertiary/aromatic N) is 6. The van der Waals surface area contributed by atoms with E-state index in [2.05, 4.69) is 110 Å². The predicted molar refractivity (Wildman–Crippen MR) is 572 cm³/mol. The highest BCUT2D eigenvalue weighted by Crippen LogP contribution is 2.36. The van der Waals surface area contributed by atoms with Gasteiger partial charge in [-0.15, -0.1) is 0 Å². The fourth-order valence-corrected chi connectivity index (χ4v) is 16.4. The molecule has 0 aromatic heterocycles. The normalized spacial score (nSPS) is 10.5. The van der Waals surface area contributed by atoms with Crippen molar-refractivity contribution in [2.75, 3.05) is 71.7 Å². The van der Waals surface area contributed by atoms with Crippen molar-refractivity contribution in [3.05, 3.63) is 349 Å². The van der Waals surface area contributed by atoms with Gasteiger partial charge in [0.05, 0.1) is 28.4 Å². The van der Waals surface area contributed by atoms with Crippen LogP contribution in [-0.4, -0.2) is 77.7 Å². The van der Waals surface area contributed by atoms with Gasteiger partial charge < -0.3 is 57.8 Å². The maximum absolute atomic E-state index is 14.2. The number of benzene rings is 12. The van der Waals surface area contributed by atoms with Crippen LogP contribution in [0.1, 0.15) is 186 Å². The second-order valence-electron chi connectivity index (χ2n) is 33.8. The lowest BCUT2D eigenvalue weighted by molar-refractivity contribution is -0.118. The van der Waals surface area contributed by atoms with Crippen LogP contribution in [0, 0.1) is 99.4 Å². The van der Waals surface area contributed by atoms with Crippen LogP contribution < -0.4 is 57.8 Å². The van der Waals surface area contributed by atoms with Gasteiger partial charge in [0, 0.05) is 133 Å². The summed E-state index contributed by atoms with van der Waals surface area (Å²) in [6.07, 6.45) is 2.75. The van der Waals surface area contributed by atoms with Gasteiger partial charge in [0.25, 0.3) is 0 Å². The highest BCUT2D eigenvalue weighted by atomic mass is 127. The Hall–Kier alpha value is -12.3. The average molecular weight is 2060 g/mol. The Bertz CT molecular complexity index is 5410. The topological polar surface area (TPSA) is 177 Å². The number of halogens is 4. The van der Waals surface area contributed by atoms with E-state index in [0.717, 1.165) is 138 Å². The number of amides is 6. The molecule has 6 amide bonds. The van der Waals surface area contributed by atoms with Crippen molar-refractivity contribution in [3.8, 4) is 34.5 Å². The van der Waals surface area contributed by atoms with Crippen molar-refractivity contribution in [1.29, 1.82) is 0 Å². The first-order valence-electron chi connectivity index (χ1n) is 46.3. The molecule has 0 bridgehead atoms. The molecule has 0 saturated heterocycles. The summed E-state index contributed by atoms with van der Waals surface area (Å²) in [5, 5.41) is 0.600. The quantitative estimate of drug-likeness (QED) is 0.0390. The summed E-state index contributed by atoms with van der Waals surface area (Å²) in [4.78, 5) is 81.8. The molecular weight excluding hydrogens is 1920 g/mol. The summed E-state index contributed by atoms with van der Waals surface area (Å²) in [5.41, 5.74) is 25.1. The molecule has 0 N–H and O–H groups in total. The number of aryl methyl sites for hydroxylation is 13. The summed E-state index contributed by atoms with van der Waals surface area (Å²) >= 11 is 12.2. The molecule has 0 heterocycles. The number of rotatable bonds is 30. The minimum atomic E-state index is -0.372. The molecule has 12 aromatic rings. The molecule has 0 unspecified atom stereocenters. The van der Waals surface area contributed by atoms with Crippen LogP contribution in [0.25, 0.3) is 0 Å². The van der Waals surface area contributed by atoms with Gasteiger partial charge in [0.1, 0.15) is 80.0 Å². The van der Waals surface area contributed by atoms with Crippen LogP contribution in [0.3, 0.4) is 0 Å². The molecule has 0 aliphatic heterocycles. The first-order valence-corrected chi connectivity index (χ1v) is 48.5. The van der Waals surface area contributed by atoms with Crippen molar-refractivity contribution in [2.45, 2.75) is 210 Å². The molecule has 22 heteroatoms. The van der Waals surface area contributed by atoms with Crippen molar-refractivity contribution in [2.24, 2.45) is 0 Å². The number of hydrogen-bond acceptors (Lipinski definition) is 12. The summed E-state index contributed by atoms with van der Waals surface area (Å²) in [7, 11) is 10.7. The van der Waals surface area contributed by atoms with Crippen LogP contribution >= 0.6 is 50.1 Å². The Balaban J connectivity index is 0.000000224. The number of ether oxygens (including phenoxy) is 6. The zero-order chi connectivity index (χ0) is 101. The van der Waals surface area contributed by atoms with Crippen molar-refractivity contribution in [1.82, 2.24) is 0 Å². The van der Waals surface area contributed by atoms with E-state index in [1.54, 1.807) is 64.7 Å². The summed E-state index contributed by atoms with van der Waals surface area (Å²) in [6, 6.07) is 72.4. The molecule has 0 atom stereocenters. The predicted octanol–water partition coefficient (Wildman–Crippen LogP) is 28.0. The van der Waals surface area contributed by atoms with E-state index in [1.165, 1.54) is 38.8 Å². The zero-order valence-corrected chi connectivity index (χ0v) is 88.9. The minimum Gasteiger partial charge on any atom is -0.489 e.